The Labute approximate surface area is 99.5 Å². The fourth-order valence-corrected chi connectivity index (χ4v) is 2.46. The monoisotopic (exact) mass is 256 g/mol. The third kappa shape index (κ3) is 1.38. The molecule has 6 heteroatoms. The predicted molar refractivity (Wildman–Crippen MR) is 53.7 cm³/mol. The highest BCUT2D eigenvalue weighted by molar-refractivity contribution is 5.90. The summed E-state index contributed by atoms with van der Waals surface area (Å²) < 4.78 is 43.8. The van der Waals surface area contributed by atoms with E-state index >= 15 is 0 Å². The quantitative estimate of drug-likeness (QED) is 0.840. The van der Waals surface area contributed by atoms with Crippen LogP contribution in [-0.4, -0.2) is 11.1 Å². The minimum atomic E-state index is -4.46. The number of rotatable bonds is 1. The van der Waals surface area contributed by atoms with Crippen molar-refractivity contribution in [2.75, 3.05) is 0 Å². The van der Waals surface area contributed by atoms with Gasteiger partial charge in [0.25, 0.3) is 0 Å². The molecule has 0 saturated carbocycles. The molecule has 3 nitrogen and oxygen atoms in total. The van der Waals surface area contributed by atoms with Crippen molar-refractivity contribution < 1.29 is 27.8 Å². The second-order valence-electron chi connectivity index (χ2n) is 4.17. The highest BCUT2D eigenvalue weighted by Gasteiger charge is 2.47. The highest BCUT2D eigenvalue weighted by atomic mass is 19.4. The van der Waals surface area contributed by atoms with Gasteiger partial charge in [0.1, 0.15) is 12.2 Å². The minimum Gasteiger partial charge on any atom is -0.478 e. The largest absolute Gasteiger partial charge is 0.478 e. The first-order valence-electron chi connectivity index (χ1n) is 5.20. The minimum absolute atomic E-state index is 0.00632. The van der Waals surface area contributed by atoms with Crippen LogP contribution in [-0.2, 0) is 15.7 Å². The van der Waals surface area contributed by atoms with Crippen molar-refractivity contribution in [2.45, 2.75) is 18.4 Å². The molecule has 0 saturated heterocycles. The Morgan fingerprint density at radius 2 is 2.06 bits per heavy atom. The summed E-state index contributed by atoms with van der Waals surface area (Å²) in [5.41, 5.74) is -0.408. The number of hydrogen-bond donors (Lipinski definition) is 1. The summed E-state index contributed by atoms with van der Waals surface area (Å²) in [6.07, 6.45) is -5.01. The first kappa shape index (κ1) is 11.3. The third-order valence-electron chi connectivity index (χ3n) is 3.16. The number of benzene rings is 1. The van der Waals surface area contributed by atoms with Crippen molar-refractivity contribution in [3.05, 3.63) is 46.5 Å². The van der Waals surface area contributed by atoms with Gasteiger partial charge in [0.05, 0.1) is 11.1 Å². The molecule has 0 amide bonds. The molecule has 2 aliphatic rings. The SMILES string of the molecule is O=C(O)C1=C[C@H]2O[C@H]1c1cccc(C(F)(F)F)c12. The maximum absolute atomic E-state index is 12.8. The van der Waals surface area contributed by atoms with Crippen molar-refractivity contribution in [1.82, 2.24) is 0 Å². The van der Waals surface area contributed by atoms with E-state index < -0.39 is 29.9 Å². The second-order valence-corrected chi connectivity index (χ2v) is 4.17. The third-order valence-corrected chi connectivity index (χ3v) is 3.16. The number of carboxylic acid groups (broad SMARTS) is 1. The molecule has 2 bridgehead atoms. The molecule has 18 heavy (non-hydrogen) atoms. The lowest BCUT2D eigenvalue weighted by Crippen LogP contribution is -2.14. The number of carboxylic acids is 1. The summed E-state index contributed by atoms with van der Waals surface area (Å²) in [7, 11) is 0. The lowest BCUT2D eigenvalue weighted by Gasteiger charge is -2.16. The molecule has 2 heterocycles. The van der Waals surface area contributed by atoms with E-state index in [1.54, 1.807) is 0 Å². The number of carbonyl (C=O) groups is 1. The molecule has 2 atom stereocenters. The number of alkyl halides is 3. The normalized spacial score (nSPS) is 24.9. The summed E-state index contributed by atoms with van der Waals surface area (Å²) in [6.45, 7) is 0. The lowest BCUT2D eigenvalue weighted by molar-refractivity contribution is -0.139. The Morgan fingerprint density at radius 3 is 2.67 bits per heavy atom. The van der Waals surface area contributed by atoms with Crippen LogP contribution in [0, 0.1) is 0 Å². The van der Waals surface area contributed by atoms with Gasteiger partial charge >= 0.3 is 12.1 Å². The zero-order chi connectivity index (χ0) is 13.1. The average molecular weight is 256 g/mol. The predicted octanol–water partition coefficient (Wildman–Crippen LogP) is 2.84. The van der Waals surface area contributed by atoms with Crippen LogP contribution in [0.3, 0.4) is 0 Å². The van der Waals surface area contributed by atoms with Gasteiger partial charge in [-0.1, -0.05) is 12.1 Å². The topological polar surface area (TPSA) is 46.5 Å². The van der Waals surface area contributed by atoms with Gasteiger partial charge in [-0.25, -0.2) is 4.79 Å². The molecule has 0 unspecified atom stereocenters. The van der Waals surface area contributed by atoms with Gasteiger partial charge in [0, 0.05) is 5.56 Å². The Morgan fingerprint density at radius 1 is 1.33 bits per heavy atom. The van der Waals surface area contributed by atoms with Crippen molar-refractivity contribution in [3.8, 4) is 0 Å². The Bertz CT molecular complexity index is 574. The molecule has 0 aromatic heterocycles. The van der Waals surface area contributed by atoms with Gasteiger partial charge < -0.3 is 9.84 Å². The molecule has 2 aliphatic heterocycles. The number of hydrogen-bond acceptors (Lipinski definition) is 2. The van der Waals surface area contributed by atoms with Gasteiger partial charge in [0.15, 0.2) is 0 Å². The van der Waals surface area contributed by atoms with Gasteiger partial charge in [-0.2, -0.15) is 13.2 Å². The second kappa shape index (κ2) is 3.35. The van der Waals surface area contributed by atoms with Crippen molar-refractivity contribution >= 4 is 5.97 Å². The van der Waals surface area contributed by atoms with E-state index in [2.05, 4.69) is 0 Å². The smallest absolute Gasteiger partial charge is 0.416 e. The average Bonchev–Trinajstić information content (AvgIpc) is 2.85. The van der Waals surface area contributed by atoms with E-state index in [-0.39, 0.29) is 11.1 Å². The molecule has 0 aliphatic carbocycles. The molecule has 0 fully saturated rings. The van der Waals surface area contributed by atoms with Crippen LogP contribution < -0.4 is 0 Å². The summed E-state index contributed by atoms with van der Waals surface area (Å²) in [6, 6.07) is 3.73. The van der Waals surface area contributed by atoms with Crippen LogP contribution in [0.4, 0.5) is 13.2 Å². The van der Waals surface area contributed by atoms with Crippen LogP contribution in [0.25, 0.3) is 0 Å². The summed E-state index contributed by atoms with van der Waals surface area (Å²) in [4.78, 5) is 10.9. The Balaban J connectivity index is 2.15. The highest BCUT2D eigenvalue weighted by Crippen LogP contribution is 2.53. The van der Waals surface area contributed by atoms with E-state index in [1.165, 1.54) is 18.2 Å². The lowest BCUT2D eigenvalue weighted by atomic mass is 9.88. The Kier molecular flexibility index (Phi) is 2.10. The van der Waals surface area contributed by atoms with Gasteiger partial charge in [0.2, 0.25) is 0 Å². The summed E-state index contributed by atoms with van der Waals surface area (Å²) >= 11 is 0. The molecule has 1 aromatic carbocycles. The van der Waals surface area contributed by atoms with Crippen molar-refractivity contribution in [1.29, 1.82) is 0 Å². The molecule has 3 rings (SSSR count). The van der Waals surface area contributed by atoms with Gasteiger partial charge in [-0.15, -0.1) is 0 Å². The van der Waals surface area contributed by atoms with E-state index in [0.717, 1.165) is 6.07 Å². The molecule has 1 aromatic rings. The standard InChI is InChI=1S/C12H7F3O3/c13-12(14,15)7-3-1-2-5-9(7)8-4-6(11(16)17)10(5)18-8/h1-4,8,10H,(H,16,17)/t8-,10+/m1/s1. The van der Waals surface area contributed by atoms with Crippen LogP contribution in [0.5, 0.6) is 0 Å². The number of fused-ring (bicyclic) bond motifs is 5. The maximum atomic E-state index is 12.8. The number of ether oxygens (including phenoxy) is 1. The molecular weight excluding hydrogens is 249 g/mol. The fourth-order valence-electron chi connectivity index (χ4n) is 2.46. The zero-order valence-electron chi connectivity index (χ0n) is 8.86. The first-order chi connectivity index (χ1) is 8.39. The van der Waals surface area contributed by atoms with Crippen LogP contribution in [0.1, 0.15) is 28.9 Å². The molecule has 0 spiro atoms. The maximum Gasteiger partial charge on any atom is 0.416 e. The van der Waals surface area contributed by atoms with E-state index in [0.29, 0.717) is 5.56 Å². The zero-order valence-corrected chi connectivity index (χ0v) is 8.86. The van der Waals surface area contributed by atoms with E-state index in [9.17, 15) is 18.0 Å². The molecule has 94 valence electrons. The van der Waals surface area contributed by atoms with E-state index in [4.69, 9.17) is 9.84 Å². The van der Waals surface area contributed by atoms with Crippen molar-refractivity contribution in [3.63, 3.8) is 0 Å². The Hall–Kier alpha value is -1.82. The molecule has 0 radical (unpaired) electrons. The summed E-state index contributed by atoms with van der Waals surface area (Å²) in [5, 5.41) is 8.92. The van der Waals surface area contributed by atoms with Crippen molar-refractivity contribution in [2.24, 2.45) is 0 Å². The fraction of sp³-hybridized carbons (Fsp3) is 0.250. The molecule has 1 N–H and O–H groups in total. The van der Waals surface area contributed by atoms with Gasteiger partial charge in [-0.3, -0.25) is 0 Å². The number of halogens is 3. The van der Waals surface area contributed by atoms with Crippen LogP contribution in [0.2, 0.25) is 0 Å². The van der Waals surface area contributed by atoms with Crippen LogP contribution >= 0.6 is 0 Å². The summed E-state index contributed by atoms with van der Waals surface area (Å²) in [5.74, 6) is -1.16. The first-order valence-corrected chi connectivity index (χ1v) is 5.20. The van der Waals surface area contributed by atoms with E-state index in [1.807, 2.05) is 0 Å². The number of aliphatic carboxylic acids is 1. The van der Waals surface area contributed by atoms with Gasteiger partial charge in [-0.05, 0) is 17.7 Å². The molecular formula is C12H7F3O3. The van der Waals surface area contributed by atoms with Crippen LogP contribution in [0.15, 0.2) is 29.8 Å².